The smallest absolute Gasteiger partial charge is 0.410 e. The summed E-state index contributed by atoms with van der Waals surface area (Å²) in [6, 6.07) is -0.368. The van der Waals surface area contributed by atoms with Crippen molar-refractivity contribution >= 4 is 6.09 Å². The Kier molecular flexibility index (Phi) is 5.25. The first-order valence-electron chi connectivity index (χ1n) is 6.96. The van der Waals surface area contributed by atoms with Gasteiger partial charge in [0.25, 0.3) is 0 Å². The fourth-order valence-corrected chi connectivity index (χ4v) is 2.47. The van der Waals surface area contributed by atoms with E-state index in [2.05, 4.69) is 10.0 Å². The number of ether oxygens (including phenoxy) is 1. The van der Waals surface area contributed by atoms with Crippen molar-refractivity contribution in [1.29, 1.82) is 0 Å². The minimum Gasteiger partial charge on any atom is -0.444 e. The standard InChI is InChI=1S/C13H24N4O3/c1-5-13(19,9-15-16-14)10-7-6-8-17(10)11(18)20-12(2,3)4/h10,19H,5-9H2,1-4H3/t10-,13-/m1/s1. The summed E-state index contributed by atoms with van der Waals surface area (Å²) in [7, 11) is 0. The molecular weight excluding hydrogens is 260 g/mol. The molecule has 1 fully saturated rings. The average molecular weight is 284 g/mol. The molecular formula is C13H24N4O3. The molecule has 1 heterocycles. The average Bonchev–Trinajstić information content (AvgIpc) is 2.83. The number of hydrogen-bond donors (Lipinski definition) is 1. The first kappa shape index (κ1) is 16.6. The summed E-state index contributed by atoms with van der Waals surface area (Å²) in [4.78, 5) is 16.5. The van der Waals surface area contributed by atoms with Crippen LogP contribution in [0.2, 0.25) is 0 Å². The number of azide groups is 1. The maximum absolute atomic E-state index is 12.2. The largest absolute Gasteiger partial charge is 0.444 e. The SMILES string of the molecule is CC[C@@](O)(CN=[N+]=[N-])[C@H]1CCCN1C(=O)OC(C)(C)C. The summed E-state index contributed by atoms with van der Waals surface area (Å²) in [6.07, 6.45) is 1.48. The predicted molar refractivity (Wildman–Crippen MR) is 75.2 cm³/mol. The van der Waals surface area contributed by atoms with E-state index in [0.717, 1.165) is 6.42 Å². The summed E-state index contributed by atoms with van der Waals surface area (Å²) in [5, 5.41) is 14.1. The number of nitrogens with zero attached hydrogens (tertiary/aromatic N) is 4. The number of carbonyl (C=O) groups is 1. The van der Waals surface area contributed by atoms with Crippen LogP contribution < -0.4 is 0 Å². The third-order valence-electron chi connectivity index (χ3n) is 3.52. The molecule has 7 heteroatoms. The van der Waals surface area contributed by atoms with Crippen LogP contribution in [0.1, 0.15) is 47.0 Å². The van der Waals surface area contributed by atoms with Crippen molar-refractivity contribution in [2.24, 2.45) is 5.11 Å². The van der Waals surface area contributed by atoms with Gasteiger partial charge in [-0.15, -0.1) is 0 Å². The normalized spacial score (nSPS) is 22.1. The van der Waals surface area contributed by atoms with E-state index in [9.17, 15) is 9.90 Å². The van der Waals surface area contributed by atoms with Crippen LogP contribution in [0.4, 0.5) is 4.79 Å². The van der Waals surface area contributed by atoms with E-state index in [1.807, 2.05) is 27.7 Å². The number of hydrogen-bond acceptors (Lipinski definition) is 4. The zero-order chi connectivity index (χ0) is 15.4. The van der Waals surface area contributed by atoms with Gasteiger partial charge in [0.15, 0.2) is 0 Å². The quantitative estimate of drug-likeness (QED) is 0.488. The molecule has 1 aliphatic heterocycles. The molecule has 0 aliphatic carbocycles. The summed E-state index contributed by atoms with van der Waals surface area (Å²) < 4.78 is 5.37. The zero-order valence-corrected chi connectivity index (χ0v) is 12.7. The molecule has 1 N–H and O–H groups in total. The lowest BCUT2D eigenvalue weighted by atomic mass is 9.89. The van der Waals surface area contributed by atoms with Gasteiger partial charge in [-0.1, -0.05) is 12.0 Å². The Labute approximate surface area is 119 Å². The predicted octanol–water partition coefficient (Wildman–Crippen LogP) is 2.84. The lowest BCUT2D eigenvalue weighted by Gasteiger charge is -2.38. The van der Waals surface area contributed by atoms with Crippen LogP contribution in [0.15, 0.2) is 5.11 Å². The molecule has 0 aromatic heterocycles. The number of aliphatic hydroxyl groups is 1. The van der Waals surface area contributed by atoms with E-state index < -0.39 is 17.3 Å². The van der Waals surface area contributed by atoms with Crippen LogP contribution in [0.5, 0.6) is 0 Å². The Morgan fingerprint density at radius 1 is 1.55 bits per heavy atom. The third kappa shape index (κ3) is 4.02. The fourth-order valence-electron chi connectivity index (χ4n) is 2.47. The molecule has 7 nitrogen and oxygen atoms in total. The van der Waals surface area contributed by atoms with Crippen LogP contribution >= 0.6 is 0 Å². The highest BCUT2D eigenvalue weighted by Gasteiger charge is 2.44. The van der Waals surface area contributed by atoms with E-state index in [-0.39, 0.29) is 12.6 Å². The summed E-state index contributed by atoms with van der Waals surface area (Å²) in [5.74, 6) is 0. The van der Waals surface area contributed by atoms with Crippen LogP contribution in [-0.2, 0) is 4.74 Å². The van der Waals surface area contributed by atoms with Gasteiger partial charge in [-0.2, -0.15) is 0 Å². The van der Waals surface area contributed by atoms with Gasteiger partial charge in [-0.05, 0) is 45.6 Å². The molecule has 0 aromatic carbocycles. The van der Waals surface area contributed by atoms with E-state index in [0.29, 0.717) is 19.4 Å². The first-order valence-corrected chi connectivity index (χ1v) is 6.96. The van der Waals surface area contributed by atoms with E-state index in [1.54, 1.807) is 4.90 Å². The van der Waals surface area contributed by atoms with Crippen molar-refractivity contribution in [3.8, 4) is 0 Å². The molecule has 0 unspecified atom stereocenters. The zero-order valence-electron chi connectivity index (χ0n) is 12.7. The second kappa shape index (κ2) is 6.33. The summed E-state index contributed by atoms with van der Waals surface area (Å²) in [6.45, 7) is 7.76. The molecule has 0 aromatic rings. The van der Waals surface area contributed by atoms with Crippen LogP contribution in [-0.4, -0.2) is 46.4 Å². The third-order valence-corrected chi connectivity index (χ3v) is 3.52. The molecule has 0 spiro atoms. The van der Waals surface area contributed by atoms with Gasteiger partial charge in [-0.3, -0.25) is 0 Å². The Morgan fingerprint density at radius 3 is 2.70 bits per heavy atom. The van der Waals surface area contributed by atoms with Gasteiger partial charge in [0.1, 0.15) is 5.60 Å². The highest BCUT2D eigenvalue weighted by Crippen LogP contribution is 2.31. The second-order valence-electron chi connectivity index (χ2n) is 6.18. The van der Waals surface area contributed by atoms with Crippen LogP contribution in [0.25, 0.3) is 10.4 Å². The van der Waals surface area contributed by atoms with Crippen LogP contribution in [0, 0.1) is 0 Å². The second-order valence-corrected chi connectivity index (χ2v) is 6.18. The van der Waals surface area contributed by atoms with Crippen molar-refractivity contribution < 1.29 is 14.6 Å². The molecule has 0 bridgehead atoms. The van der Waals surface area contributed by atoms with Gasteiger partial charge in [0.05, 0.1) is 18.2 Å². The number of amides is 1. The van der Waals surface area contributed by atoms with Gasteiger partial charge in [-0.25, -0.2) is 4.79 Å². The van der Waals surface area contributed by atoms with Gasteiger partial charge in [0.2, 0.25) is 0 Å². The highest BCUT2D eigenvalue weighted by molar-refractivity contribution is 5.69. The number of rotatable bonds is 4. The Morgan fingerprint density at radius 2 is 2.20 bits per heavy atom. The topological polar surface area (TPSA) is 98.5 Å². The Balaban J connectivity index is 2.87. The highest BCUT2D eigenvalue weighted by atomic mass is 16.6. The van der Waals surface area contributed by atoms with Crippen molar-refractivity contribution in [2.45, 2.75) is 64.2 Å². The van der Waals surface area contributed by atoms with E-state index in [1.165, 1.54) is 0 Å². The molecule has 2 atom stereocenters. The molecule has 20 heavy (non-hydrogen) atoms. The maximum Gasteiger partial charge on any atom is 0.410 e. The molecule has 114 valence electrons. The van der Waals surface area contributed by atoms with Gasteiger partial charge < -0.3 is 14.7 Å². The molecule has 1 saturated heterocycles. The molecule has 0 radical (unpaired) electrons. The van der Waals surface area contributed by atoms with E-state index in [4.69, 9.17) is 10.3 Å². The molecule has 0 saturated carbocycles. The van der Waals surface area contributed by atoms with Crippen LogP contribution in [0.3, 0.4) is 0 Å². The van der Waals surface area contributed by atoms with E-state index >= 15 is 0 Å². The lowest BCUT2D eigenvalue weighted by Crippen LogP contribution is -2.54. The van der Waals surface area contributed by atoms with Crippen molar-refractivity contribution in [2.75, 3.05) is 13.1 Å². The first-order chi connectivity index (χ1) is 9.23. The maximum atomic E-state index is 12.2. The monoisotopic (exact) mass is 284 g/mol. The Hall–Kier alpha value is -1.46. The van der Waals surface area contributed by atoms with Gasteiger partial charge >= 0.3 is 6.09 Å². The number of carbonyl (C=O) groups excluding carboxylic acids is 1. The molecule has 1 amide bonds. The van der Waals surface area contributed by atoms with Crippen molar-refractivity contribution in [3.05, 3.63) is 10.4 Å². The molecule has 1 rings (SSSR count). The fraction of sp³-hybridized carbons (Fsp3) is 0.923. The van der Waals surface area contributed by atoms with Gasteiger partial charge in [0, 0.05) is 11.5 Å². The van der Waals surface area contributed by atoms with Crippen molar-refractivity contribution in [1.82, 2.24) is 4.90 Å². The minimum absolute atomic E-state index is 0.0377. The summed E-state index contributed by atoms with van der Waals surface area (Å²) >= 11 is 0. The van der Waals surface area contributed by atoms with Crippen molar-refractivity contribution in [3.63, 3.8) is 0 Å². The number of likely N-dealkylation sites (tertiary alicyclic amines) is 1. The summed E-state index contributed by atoms with van der Waals surface area (Å²) in [5.41, 5.74) is 6.67. The Bertz CT molecular complexity index is 401. The molecule has 1 aliphatic rings. The minimum atomic E-state index is -1.19. The lowest BCUT2D eigenvalue weighted by molar-refractivity contribution is -0.0407.